The summed E-state index contributed by atoms with van der Waals surface area (Å²) in [5.74, 6) is -0.303. The Morgan fingerprint density at radius 2 is 2.11 bits per heavy atom. The van der Waals surface area contributed by atoms with Gasteiger partial charge in [0.1, 0.15) is 0 Å². The van der Waals surface area contributed by atoms with Crippen LogP contribution in [0.25, 0.3) is 0 Å². The van der Waals surface area contributed by atoms with Gasteiger partial charge in [-0.05, 0) is 25.0 Å². The molecule has 1 heterocycles. The van der Waals surface area contributed by atoms with Gasteiger partial charge < -0.3 is 0 Å². The van der Waals surface area contributed by atoms with Gasteiger partial charge in [-0.25, -0.2) is 0 Å². The van der Waals surface area contributed by atoms with Crippen LogP contribution in [0.5, 0.6) is 0 Å². The van der Waals surface area contributed by atoms with E-state index in [4.69, 9.17) is 11.6 Å². The minimum Gasteiger partial charge on any atom is -0.292 e. The number of ketones is 1. The van der Waals surface area contributed by atoms with Crippen LogP contribution in [0, 0.1) is 0 Å². The number of Topliss-reactive ketones (excluding diaryl/α,β-unsaturated/α-hetero) is 1. The Balaban J connectivity index is 1.98. The molecule has 7 heteroatoms. The van der Waals surface area contributed by atoms with Crippen molar-refractivity contribution in [3.05, 3.63) is 21.3 Å². The van der Waals surface area contributed by atoms with Crippen molar-refractivity contribution in [3.63, 3.8) is 0 Å². The molecule has 0 amide bonds. The number of nitrogens with zero attached hydrogens (tertiary/aromatic N) is 1. The van der Waals surface area contributed by atoms with Crippen LogP contribution >= 0.6 is 22.9 Å². The predicted octanol–water partition coefficient (Wildman–Crippen LogP) is 3.61. The molecule has 0 spiro atoms. The molecule has 0 atom stereocenters. The van der Waals surface area contributed by atoms with E-state index >= 15 is 0 Å². The maximum Gasteiger partial charge on any atom is 0.401 e. The monoisotopic (exact) mass is 297 g/mol. The molecule has 0 radical (unpaired) electrons. The number of alkyl halides is 3. The van der Waals surface area contributed by atoms with Crippen molar-refractivity contribution in [1.82, 2.24) is 4.90 Å². The third-order valence-corrected chi connectivity index (χ3v) is 3.91. The van der Waals surface area contributed by atoms with Crippen LogP contribution in [-0.4, -0.2) is 36.0 Å². The SMILES string of the molecule is O=C(CN(CC(F)(F)F)C1CC1)c1ccc(Cl)s1. The van der Waals surface area contributed by atoms with E-state index in [1.165, 1.54) is 4.90 Å². The molecule has 18 heavy (non-hydrogen) atoms. The molecule has 0 bridgehead atoms. The molecule has 1 aliphatic carbocycles. The second kappa shape index (κ2) is 5.19. The third-order valence-electron chi connectivity index (χ3n) is 2.64. The second-order valence-corrected chi connectivity index (χ2v) is 5.99. The quantitative estimate of drug-likeness (QED) is 0.774. The number of rotatable bonds is 5. The highest BCUT2D eigenvalue weighted by Crippen LogP contribution is 2.31. The van der Waals surface area contributed by atoms with Crippen LogP contribution in [0.3, 0.4) is 0 Å². The first-order chi connectivity index (χ1) is 8.35. The molecule has 1 aliphatic rings. The van der Waals surface area contributed by atoms with Gasteiger partial charge in [0.15, 0.2) is 5.78 Å². The highest BCUT2D eigenvalue weighted by Gasteiger charge is 2.38. The van der Waals surface area contributed by atoms with E-state index in [1.54, 1.807) is 12.1 Å². The summed E-state index contributed by atoms with van der Waals surface area (Å²) < 4.78 is 37.6. The molecule has 0 aliphatic heterocycles. The fourth-order valence-electron chi connectivity index (χ4n) is 1.71. The summed E-state index contributed by atoms with van der Waals surface area (Å²) >= 11 is 6.79. The first kappa shape index (κ1) is 13.8. The van der Waals surface area contributed by atoms with Crippen LogP contribution in [0.4, 0.5) is 13.2 Å². The molecule has 0 unspecified atom stereocenters. The van der Waals surface area contributed by atoms with Crippen LogP contribution < -0.4 is 0 Å². The third kappa shape index (κ3) is 3.96. The van der Waals surface area contributed by atoms with Crippen molar-refractivity contribution >= 4 is 28.7 Å². The Kier molecular flexibility index (Phi) is 3.99. The van der Waals surface area contributed by atoms with E-state index in [9.17, 15) is 18.0 Å². The van der Waals surface area contributed by atoms with E-state index in [2.05, 4.69) is 0 Å². The lowest BCUT2D eigenvalue weighted by Gasteiger charge is -2.22. The highest BCUT2D eigenvalue weighted by molar-refractivity contribution is 7.18. The zero-order chi connectivity index (χ0) is 13.3. The molecule has 1 fully saturated rings. The van der Waals surface area contributed by atoms with Gasteiger partial charge in [0.25, 0.3) is 0 Å². The smallest absolute Gasteiger partial charge is 0.292 e. The lowest BCUT2D eigenvalue weighted by Crippen LogP contribution is -2.39. The van der Waals surface area contributed by atoms with Crippen LogP contribution in [-0.2, 0) is 0 Å². The zero-order valence-corrected chi connectivity index (χ0v) is 10.9. The molecule has 2 nitrogen and oxygen atoms in total. The van der Waals surface area contributed by atoms with Gasteiger partial charge in [-0.3, -0.25) is 9.69 Å². The number of halogens is 4. The highest BCUT2D eigenvalue weighted by atomic mass is 35.5. The molecule has 100 valence electrons. The van der Waals surface area contributed by atoms with Crippen molar-refractivity contribution in [2.45, 2.75) is 25.1 Å². The Bertz CT molecular complexity index is 442. The minimum atomic E-state index is -4.27. The fraction of sp³-hybridized carbons (Fsp3) is 0.545. The molecule has 0 saturated heterocycles. The molecule has 0 N–H and O–H groups in total. The molecule has 2 rings (SSSR count). The van der Waals surface area contributed by atoms with Gasteiger partial charge in [0.05, 0.1) is 22.3 Å². The Hall–Kier alpha value is -0.590. The van der Waals surface area contributed by atoms with Gasteiger partial charge in [-0.15, -0.1) is 11.3 Å². The number of thiophene rings is 1. The maximum absolute atomic E-state index is 12.4. The Labute approximate surface area is 111 Å². The molecular formula is C11H11ClF3NOS. The maximum atomic E-state index is 12.4. The molecule has 1 aromatic rings. The van der Waals surface area contributed by atoms with Crippen molar-refractivity contribution in [3.8, 4) is 0 Å². The fourth-order valence-corrected chi connectivity index (χ4v) is 2.68. The van der Waals surface area contributed by atoms with Gasteiger partial charge >= 0.3 is 6.18 Å². The number of carbonyl (C=O) groups is 1. The summed E-state index contributed by atoms with van der Waals surface area (Å²) in [6, 6.07) is 3.02. The van der Waals surface area contributed by atoms with Crippen molar-refractivity contribution in [2.24, 2.45) is 0 Å². The van der Waals surface area contributed by atoms with Gasteiger partial charge in [0.2, 0.25) is 0 Å². The van der Waals surface area contributed by atoms with Gasteiger partial charge in [-0.1, -0.05) is 11.6 Å². The molecule has 0 aromatic carbocycles. The largest absolute Gasteiger partial charge is 0.401 e. The molecule has 1 saturated carbocycles. The Morgan fingerprint density at radius 3 is 2.56 bits per heavy atom. The summed E-state index contributed by atoms with van der Waals surface area (Å²) in [4.78, 5) is 13.4. The topological polar surface area (TPSA) is 20.3 Å². The lowest BCUT2D eigenvalue weighted by molar-refractivity contribution is -0.145. The molecular weight excluding hydrogens is 287 g/mol. The Morgan fingerprint density at radius 1 is 1.44 bits per heavy atom. The number of hydrogen-bond acceptors (Lipinski definition) is 3. The van der Waals surface area contributed by atoms with E-state index in [-0.39, 0.29) is 18.4 Å². The second-order valence-electron chi connectivity index (χ2n) is 4.28. The average Bonchev–Trinajstić information content (AvgIpc) is 2.98. The van der Waals surface area contributed by atoms with Crippen LogP contribution in [0.1, 0.15) is 22.5 Å². The van der Waals surface area contributed by atoms with E-state index in [0.29, 0.717) is 9.21 Å². The van der Waals surface area contributed by atoms with Crippen molar-refractivity contribution in [1.29, 1.82) is 0 Å². The normalized spacial score (nSPS) is 16.3. The van der Waals surface area contributed by atoms with Crippen molar-refractivity contribution in [2.75, 3.05) is 13.1 Å². The molecule has 1 aromatic heterocycles. The zero-order valence-electron chi connectivity index (χ0n) is 9.34. The van der Waals surface area contributed by atoms with Crippen LogP contribution in [0.15, 0.2) is 12.1 Å². The van der Waals surface area contributed by atoms with Crippen LogP contribution in [0.2, 0.25) is 4.34 Å². The van der Waals surface area contributed by atoms with Gasteiger partial charge in [-0.2, -0.15) is 13.2 Å². The first-order valence-corrected chi connectivity index (χ1v) is 6.64. The standard InChI is InChI=1S/C11H11ClF3NOS/c12-10-4-3-9(18-10)8(17)5-16(7-1-2-7)6-11(13,14)15/h3-4,7H,1-2,5-6H2. The number of hydrogen-bond donors (Lipinski definition) is 0. The lowest BCUT2D eigenvalue weighted by atomic mass is 10.3. The summed E-state index contributed by atoms with van der Waals surface area (Å²) in [6.07, 6.45) is -2.81. The van der Waals surface area contributed by atoms with E-state index < -0.39 is 12.7 Å². The predicted molar refractivity (Wildman–Crippen MR) is 64.3 cm³/mol. The minimum absolute atomic E-state index is 0.106. The van der Waals surface area contributed by atoms with E-state index in [0.717, 1.165) is 24.2 Å². The summed E-state index contributed by atoms with van der Waals surface area (Å²) in [5, 5.41) is 0. The number of carbonyl (C=O) groups excluding carboxylic acids is 1. The summed E-state index contributed by atoms with van der Waals surface area (Å²) in [6.45, 7) is -1.22. The van der Waals surface area contributed by atoms with Crippen molar-refractivity contribution < 1.29 is 18.0 Å². The summed E-state index contributed by atoms with van der Waals surface area (Å²) in [7, 11) is 0. The summed E-state index contributed by atoms with van der Waals surface area (Å²) in [5.41, 5.74) is 0. The van der Waals surface area contributed by atoms with Gasteiger partial charge in [0, 0.05) is 6.04 Å². The van der Waals surface area contributed by atoms with E-state index in [1.807, 2.05) is 0 Å². The average molecular weight is 298 g/mol. The first-order valence-electron chi connectivity index (χ1n) is 5.44.